The SMILES string of the molecule is CCCC/C=C(\CS(=O)(=O)c1ccccc1)B1OC(C)(C)C(C)(C)O1. The first-order valence-corrected chi connectivity index (χ1v) is 10.6. The van der Waals surface area contributed by atoms with Gasteiger partial charge in [0.05, 0.1) is 21.9 Å². The summed E-state index contributed by atoms with van der Waals surface area (Å²) >= 11 is 0. The third-order valence-corrected chi connectivity index (χ3v) is 6.68. The van der Waals surface area contributed by atoms with E-state index in [1.165, 1.54) is 0 Å². The molecule has 6 heteroatoms. The van der Waals surface area contributed by atoms with Crippen molar-refractivity contribution in [2.45, 2.75) is 70.0 Å². The van der Waals surface area contributed by atoms with Gasteiger partial charge in [-0.2, -0.15) is 0 Å². The number of allylic oxidation sites excluding steroid dienone is 1. The van der Waals surface area contributed by atoms with Crippen molar-refractivity contribution < 1.29 is 17.7 Å². The number of hydrogen-bond donors (Lipinski definition) is 0. The van der Waals surface area contributed by atoms with Crippen LogP contribution in [0.5, 0.6) is 0 Å². The number of hydrogen-bond acceptors (Lipinski definition) is 4. The van der Waals surface area contributed by atoms with Gasteiger partial charge < -0.3 is 9.31 Å². The van der Waals surface area contributed by atoms with Gasteiger partial charge in [0, 0.05) is 0 Å². The van der Waals surface area contributed by atoms with E-state index in [1.54, 1.807) is 24.3 Å². The molecule has 2 rings (SSSR count). The molecule has 1 aromatic rings. The zero-order valence-electron chi connectivity index (χ0n) is 15.9. The molecule has 25 heavy (non-hydrogen) atoms. The maximum absolute atomic E-state index is 12.8. The summed E-state index contributed by atoms with van der Waals surface area (Å²) in [5, 5.41) is 0. The molecule has 1 fully saturated rings. The van der Waals surface area contributed by atoms with Crippen LogP contribution in [0, 0.1) is 0 Å². The molecule has 0 radical (unpaired) electrons. The van der Waals surface area contributed by atoms with Crippen molar-refractivity contribution >= 4 is 17.0 Å². The molecule has 138 valence electrons. The Morgan fingerprint density at radius 2 is 1.64 bits per heavy atom. The van der Waals surface area contributed by atoms with Crippen molar-refractivity contribution in [2.24, 2.45) is 0 Å². The summed E-state index contributed by atoms with van der Waals surface area (Å²) in [6.45, 7) is 10.0. The lowest BCUT2D eigenvalue weighted by Crippen LogP contribution is -2.41. The number of benzene rings is 1. The number of sulfone groups is 1. The van der Waals surface area contributed by atoms with Crippen LogP contribution in [0.3, 0.4) is 0 Å². The molecular formula is C19H29BO4S. The van der Waals surface area contributed by atoms with Crippen LogP contribution in [0.4, 0.5) is 0 Å². The molecule has 1 aliphatic rings. The third kappa shape index (κ3) is 4.75. The molecule has 0 bridgehead atoms. The molecule has 0 N–H and O–H groups in total. The van der Waals surface area contributed by atoms with E-state index in [9.17, 15) is 8.42 Å². The summed E-state index contributed by atoms with van der Waals surface area (Å²) in [5.41, 5.74) is -0.285. The Hall–Kier alpha value is -1.11. The minimum absolute atomic E-state index is 0.0858. The molecule has 4 nitrogen and oxygen atoms in total. The molecular weight excluding hydrogens is 335 g/mol. The highest BCUT2D eigenvalue weighted by Crippen LogP contribution is 2.39. The van der Waals surface area contributed by atoms with E-state index >= 15 is 0 Å². The van der Waals surface area contributed by atoms with E-state index in [4.69, 9.17) is 9.31 Å². The van der Waals surface area contributed by atoms with Gasteiger partial charge in [-0.1, -0.05) is 44.0 Å². The second-order valence-electron chi connectivity index (χ2n) is 7.58. The molecule has 1 saturated heterocycles. The second-order valence-corrected chi connectivity index (χ2v) is 9.57. The van der Waals surface area contributed by atoms with Gasteiger partial charge in [-0.05, 0) is 51.7 Å². The Morgan fingerprint density at radius 3 is 2.16 bits per heavy atom. The fourth-order valence-electron chi connectivity index (χ4n) is 2.64. The minimum Gasteiger partial charge on any atom is -0.400 e. The van der Waals surface area contributed by atoms with Gasteiger partial charge in [0.15, 0.2) is 9.84 Å². The van der Waals surface area contributed by atoms with E-state index in [0.717, 1.165) is 19.3 Å². The second kappa shape index (κ2) is 7.64. The predicted octanol–water partition coefficient (Wildman–Crippen LogP) is 4.21. The molecule has 1 heterocycles. The first kappa shape index (κ1) is 20.2. The van der Waals surface area contributed by atoms with Gasteiger partial charge in [-0.15, -0.1) is 0 Å². The Labute approximate surface area is 152 Å². The predicted molar refractivity (Wildman–Crippen MR) is 102 cm³/mol. The average molecular weight is 364 g/mol. The smallest absolute Gasteiger partial charge is 0.400 e. The molecule has 1 aromatic carbocycles. The van der Waals surface area contributed by atoms with Crippen LogP contribution < -0.4 is 0 Å². The Kier molecular flexibility index (Phi) is 6.18. The summed E-state index contributed by atoms with van der Waals surface area (Å²) in [6, 6.07) is 8.54. The lowest BCUT2D eigenvalue weighted by Gasteiger charge is -2.32. The van der Waals surface area contributed by atoms with Gasteiger partial charge in [-0.3, -0.25) is 0 Å². The highest BCUT2D eigenvalue weighted by atomic mass is 32.2. The number of rotatable bonds is 7. The van der Waals surface area contributed by atoms with Crippen molar-refractivity contribution in [3.63, 3.8) is 0 Å². The first-order chi connectivity index (χ1) is 11.6. The molecule has 0 amide bonds. The van der Waals surface area contributed by atoms with Gasteiger partial charge in [0.1, 0.15) is 0 Å². The van der Waals surface area contributed by atoms with Gasteiger partial charge in [-0.25, -0.2) is 8.42 Å². The molecule has 0 aliphatic carbocycles. The summed E-state index contributed by atoms with van der Waals surface area (Å²) < 4.78 is 37.8. The number of unbranched alkanes of at least 4 members (excludes halogenated alkanes) is 2. The topological polar surface area (TPSA) is 52.6 Å². The van der Waals surface area contributed by atoms with Gasteiger partial charge >= 0.3 is 7.12 Å². The summed E-state index contributed by atoms with van der Waals surface area (Å²) in [6.07, 6.45) is 4.86. The highest BCUT2D eigenvalue weighted by molar-refractivity contribution is 7.91. The molecule has 1 aliphatic heterocycles. The van der Waals surface area contributed by atoms with Crippen LogP contribution in [0.2, 0.25) is 0 Å². The molecule has 0 saturated carbocycles. The van der Waals surface area contributed by atoms with E-state index in [-0.39, 0.29) is 5.75 Å². The molecule has 0 unspecified atom stereocenters. The fraction of sp³-hybridized carbons (Fsp3) is 0.579. The lowest BCUT2D eigenvalue weighted by atomic mass is 9.78. The van der Waals surface area contributed by atoms with Crippen LogP contribution in [-0.4, -0.2) is 32.5 Å². The maximum Gasteiger partial charge on any atom is 0.491 e. The average Bonchev–Trinajstić information content (AvgIpc) is 2.75. The zero-order chi connectivity index (χ0) is 18.7. The van der Waals surface area contributed by atoms with Crippen LogP contribution in [0.25, 0.3) is 0 Å². The first-order valence-electron chi connectivity index (χ1n) is 8.91. The van der Waals surface area contributed by atoms with E-state index < -0.39 is 28.2 Å². The van der Waals surface area contributed by atoms with Crippen molar-refractivity contribution in [1.82, 2.24) is 0 Å². The molecule has 0 aromatic heterocycles. The summed E-state index contributed by atoms with van der Waals surface area (Å²) in [7, 11) is -4.06. The lowest BCUT2D eigenvalue weighted by molar-refractivity contribution is 0.00578. The highest BCUT2D eigenvalue weighted by Gasteiger charge is 2.52. The van der Waals surface area contributed by atoms with Gasteiger partial charge in [0.2, 0.25) is 0 Å². The van der Waals surface area contributed by atoms with Crippen LogP contribution in [0.1, 0.15) is 53.9 Å². The maximum atomic E-state index is 12.8. The van der Waals surface area contributed by atoms with Crippen LogP contribution in [0.15, 0.2) is 46.8 Å². The Bertz CT molecular complexity index is 692. The molecule has 0 atom stereocenters. The largest absolute Gasteiger partial charge is 0.491 e. The van der Waals surface area contributed by atoms with Crippen LogP contribution >= 0.6 is 0 Å². The minimum atomic E-state index is -3.44. The normalized spacial score (nSPS) is 20.0. The Balaban J connectivity index is 2.28. The third-order valence-electron chi connectivity index (χ3n) is 4.98. The van der Waals surface area contributed by atoms with Gasteiger partial charge in [0.25, 0.3) is 0 Å². The summed E-state index contributed by atoms with van der Waals surface area (Å²) in [5.74, 6) is -0.0858. The van der Waals surface area contributed by atoms with E-state index in [0.29, 0.717) is 10.4 Å². The van der Waals surface area contributed by atoms with Crippen LogP contribution in [-0.2, 0) is 19.1 Å². The molecule has 0 spiro atoms. The Morgan fingerprint density at radius 1 is 1.08 bits per heavy atom. The zero-order valence-corrected chi connectivity index (χ0v) is 16.7. The van der Waals surface area contributed by atoms with Crippen molar-refractivity contribution in [3.8, 4) is 0 Å². The van der Waals surface area contributed by atoms with Crippen molar-refractivity contribution in [2.75, 3.05) is 5.75 Å². The quantitative estimate of drug-likeness (QED) is 0.537. The van der Waals surface area contributed by atoms with E-state index in [1.807, 2.05) is 39.8 Å². The summed E-state index contributed by atoms with van der Waals surface area (Å²) in [4.78, 5) is 0.327. The van der Waals surface area contributed by atoms with E-state index in [2.05, 4.69) is 6.92 Å². The van der Waals surface area contributed by atoms with Crippen molar-refractivity contribution in [1.29, 1.82) is 0 Å². The van der Waals surface area contributed by atoms with Crippen molar-refractivity contribution in [3.05, 3.63) is 41.9 Å². The fourth-order valence-corrected chi connectivity index (χ4v) is 4.07. The monoisotopic (exact) mass is 364 g/mol. The standard InChI is InChI=1S/C19H29BO4S/c1-6-7-9-12-16(20-23-18(2,3)19(4,5)24-20)15-25(21,22)17-13-10-8-11-14-17/h8,10-14H,6-7,9,15H2,1-5H3/b16-12+.